The van der Waals surface area contributed by atoms with Crippen LogP contribution in [0.4, 0.5) is 0 Å². The Labute approximate surface area is 136 Å². The second kappa shape index (κ2) is 6.47. The number of nitrogens with zero attached hydrogens (tertiary/aromatic N) is 3. The number of hydrogen-bond acceptors (Lipinski definition) is 5. The van der Waals surface area contributed by atoms with Crippen molar-refractivity contribution in [2.45, 2.75) is 25.1 Å². The summed E-state index contributed by atoms with van der Waals surface area (Å²) in [6.07, 6.45) is 8.47. The van der Waals surface area contributed by atoms with Gasteiger partial charge in [0.2, 0.25) is 0 Å². The van der Waals surface area contributed by atoms with Gasteiger partial charge in [-0.3, -0.25) is 4.90 Å². The minimum atomic E-state index is -0.186. The lowest BCUT2D eigenvalue weighted by atomic mass is 9.94. The third kappa shape index (κ3) is 3.49. The lowest BCUT2D eigenvalue weighted by molar-refractivity contribution is -0.0566. The molecule has 4 rings (SSSR count). The average molecular weight is 317 g/mol. The van der Waals surface area contributed by atoms with Gasteiger partial charge >= 0.3 is 0 Å². The molecule has 0 unspecified atom stereocenters. The zero-order valence-electron chi connectivity index (χ0n) is 13.3. The molecule has 2 fully saturated rings. The van der Waals surface area contributed by atoms with Crippen LogP contribution in [0.5, 0.6) is 0 Å². The van der Waals surface area contributed by atoms with Crippen LogP contribution in [-0.4, -0.2) is 53.0 Å². The maximum atomic E-state index is 6.24. The quantitative estimate of drug-likeness (QED) is 0.860. The van der Waals surface area contributed by atoms with Crippen molar-refractivity contribution in [3.05, 3.63) is 42.9 Å². The molecule has 6 heteroatoms. The summed E-state index contributed by atoms with van der Waals surface area (Å²) in [5, 5.41) is 0. The summed E-state index contributed by atoms with van der Waals surface area (Å²) in [4.78, 5) is 6.50. The van der Waals surface area contributed by atoms with Crippen LogP contribution in [0.2, 0.25) is 0 Å². The highest BCUT2D eigenvalue weighted by atomic mass is 16.5. The van der Waals surface area contributed by atoms with E-state index in [4.69, 9.17) is 13.9 Å². The van der Waals surface area contributed by atoms with Gasteiger partial charge in [0.05, 0.1) is 39.0 Å². The number of imidazole rings is 1. The summed E-state index contributed by atoms with van der Waals surface area (Å²) in [6, 6.07) is 3.96. The Morgan fingerprint density at radius 1 is 1.39 bits per heavy atom. The standard InChI is InChI=1S/C17H23N3O3/c1-2-16(22-6-1)10-19-5-7-21-13-17(12-19)8-15(11-23-17)9-20-4-3-18-14-20/h1-4,6,14-15H,5,7-13H2/t15-,17-/m0/s1. The largest absolute Gasteiger partial charge is 0.468 e. The van der Waals surface area contributed by atoms with Crippen LogP contribution >= 0.6 is 0 Å². The molecule has 124 valence electrons. The second-order valence-corrected chi connectivity index (χ2v) is 6.67. The van der Waals surface area contributed by atoms with E-state index < -0.39 is 0 Å². The molecule has 0 radical (unpaired) electrons. The average Bonchev–Trinajstić information content (AvgIpc) is 3.25. The van der Waals surface area contributed by atoms with Gasteiger partial charge < -0.3 is 18.5 Å². The number of rotatable bonds is 4. The van der Waals surface area contributed by atoms with E-state index in [9.17, 15) is 0 Å². The van der Waals surface area contributed by atoms with Gasteiger partial charge in [0, 0.05) is 37.9 Å². The maximum Gasteiger partial charge on any atom is 0.117 e. The van der Waals surface area contributed by atoms with Crippen LogP contribution in [0.3, 0.4) is 0 Å². The topological polar surface area (TPSA) is 52.7 Å². The molecule has 6 nitrogen and oxygen atoms in total. The molecule has 2 aromatic heterocycles. The Morgan fingerprint density at radius 2 is 2.39 bits per heavy atom. The predicted octanol–water partition coefficient (Wildman–Crippen LogP) is 1.78. The zero-order chi connectivity index (χ0) is 15.5. The fourth-order valence-corrected chi connectivity index (χ4v) is 3.70. The molecule has 2 aliphatic heterocycles. The molecule has 0 bridgehead atoms. The van der Waals surface area contributed by atoms with Crippen molar-refractivity contribution >= 4 is 0 Å². The van der Waals surface area contributed by atoms with E-state index in [1.807, 2.05) is 30.9 Å². The molecule has 0 saturated carbocycles. The molecular weight excluding hydrogens is 294 g/mol. The minimum absolute atomic E-state index is 0.186. The molecule has 23 heavy (non-hydrogen) atoms. The van der Waals surface area contributed by atoms with Gasteiger partial charge in [0.15, 0.2) is 0 Å². The van der Waals surface area contributed by atoms with Crippen molar-refractivity contribution in [2.75, 3.05) is 32.9 Å². The monoisotopic (exact) mass is 317 g/mol. The van der Waals surface area contributed by atoms with E-state index in [1.165, 1.54) is 0 Å². The highest BCUT2D eigenvalue weighted by molar-refractivity contribution is 5.00. The molecule has 0 aliphatic carbocycles. The smallest absolute Gasteiger partial charge is 0.117 e. The van der Waals surface area contributed by atoms with Gasteiger partial charge in [-0.25, -0.2) is 4.98 Å². The summed E-state index contributed by atoms with van der Waals surface area (Å²) >= 11 is 0. The molecule has 0 aromatic carbocycles. The Hall–Kier alpha value is -1.63. The SMILES string of the molecule is c1coc(CN2CCOC[C@]3(C[C@@H](Cn4ccnc4)CO3)C2)c1. The van der Waals surface area contributed by atoms with Crippen LogP contribution in [0, 0.1) is 5.92 Å². The molecule has 2 aliphatic rings. The summed E-state index contributed by atoms with van der Waals surface area (Å²) in [5.41, 5.74) is -0.186. The van der Waals surface area contributed by atoms with Crippen LogP contribution in [0.15, 0.2) is 41.5 Å². The summed E-state index contributed by atoms with van der Waals surface area (Å²) in [5.74, 6) is 1.51. The summed E-state index contributed by atoms with van der Waals surface area (Å²) in [6.45, 7) is 5.80. The minimum Gasteiger partial charge on any atom is -0.468 e. The second-order valence-electron chi connectivity index (χ2n) is 6.67. The third-order valence-corrected chi connectivity index (χ3v) is 4.70. The van der Waals surface area contributed by atoms with Crippen molar-refractivity contribution in [1.29, 1.82) is 0 Å². The van der Waals surface area contributed by atoms with Crippen LogP contribution in [0.25, 0.3) is 0 Å². The highest BCUT2D eigenvalue weighted by Crippen LogP contribution is 2.34. The van der Waals surface area contributed by atoms with Crippen molar-refractivity contribution in [1.82, 2.24) is 14.5 Å². The highest BCUT2D eigenvalue weighted by Gasteiger charge is 2.43. The van der Waals surface area contributed by atoms with Crippen molar-refractivity contribution in [3.8, 4) is 0 Å². The molecule has 2 aromatic rings. The van der Waals surface area contributed by atoms with E-state index in [0.717, 1.165) is 51.6 Å². The van der Waals surface area contributed by atoms with Crippen LogP contribution in [-0.2, 0) is 22.6 Å². The predicted molar refractivity (Wildman–Crippen MR) is 83.8 cm³/mol. The Morgan fingerprint density at radius 3 is 3.22 bits per heavy atom. The molecule has 2 saturated heterocycles. The first-order valence-electron chi connectivity index (χ1n) is 8.24. The fourth-order valence-electron chi connectivity index (χ4n) is 3.70. The van der Waals surface area contributed by atoms with Gasteiger partial charge in [0.1, 0.15) is 11.4 Å². The first kappa shape index (κ1) is 14.9. The van der Waals surface area contributed by atoms with Gasteiger partial charge in [0.25, 0.3) is 0 Å². The van der Waals surface area contributed by atoms with Crippen molar-refractivity contribution < 1.29 is 13.9 Å². The molecular formula is C17H23N3O3. The lowest BCUT2D eigenvalue weighted by Crippen LogP contribution is -2.43. The van der Waals surface area contributed by atoms with Gasteiger partial charge in [-0.2, -0.15) is 0 Å². The Balaban J connectivity index is 1.40. The Kier molecular flexibility index (Phi) is 4.20. The van der Waals surface area contributed by atoms with Crippen LogP contribution < -0.4 is 0 Å². The van der Waals surface area contributed by atoms with Crippen LogP contribution in [0.1, 0.15) is 12.2 Å². The normalized spacial score (nSPS) is 29.1. The van der Waals surface area contributed by atoms with Gasteiger partial charge in [-0.1, -0.05) is 0 Å². The first-order chi connectivity index (χ1) is 11.3. The van der Waals surface area contributed by atoms with Gasteiger partial charge in [-0.15, -0.1) is 0 Å². The Bertz CT molecular complexity index is 599. The number of ether oxygens (including phenoxy) is 2. The molecule has 2 atom stereocenters. The van der Waals surface area contributed by atoms with Crippen molar-refractivity contribution in [2.24, 2.45) is 5.92 Å². The molecule has 0 N–H and O–H groups in total. The van der Waals surface area contributed by atoms with E-state index in [-0.39, 0.29) is 5.60 Å². The summed E-state index contributed by atoms with van der Waals surface area (Å²) in [7, 11) is 0. The van der Waals surface area contributed by atoms with Gasteiger partial charge in [-0.05, 0) is 18.6 Å². The number of aromatic nitrogens is 2. The van der Waals surface area contributed by atoms with E-state index >= 15 is 0 Å². The van der Waals surface area contributed by atoms with Crippen molar-refractivity contribution in [3.63, 3.8) is 0 Å². The van der Waals surface area contributed by atoms with E-state index in [1.54, 1.807) is 6.26 Å². The fraction of sp³-hybridized carbons (Fsp3) is 0.588. The zero-order valence-corrected chi connectivity index (χ0v) is 13.3. The third-order valence-electron chi connectivity index (χ3n) is 4.70. The number of hydrogen-bond donors (Lipinski definition) is 0. The first-order valence-corrected chi connectivity index (χ1v) is 8.24. The molecule has 1 spiro atoms. The molecule has 0 amide bonds. The van der Waals surface area contributed by atoms with E-state index in [2.05, 4.69) is 14.5 Å². The number of furan rings is 1. The summed E-state index contributed by atoms with van der Waals surface area (Å²) < 4.78 is 19.7. The maximum absolute atomic E-state index is 6.24. The van der Waals surface area contributed by atoms with E-state index in [0.29, 0.717) is 12.5 Å². The lowest BCUT2D eigenvalue weighted by Gasteiger charge is -2.30. The molecule has 4 heterocycles.